The van der Waals surface area contributed by atoms with E-state index in [-0.39, 0.29) is 0 Å². The van der Waals surface area contributed by atoms with Crippen LogP contribution in [-0.4, -0.2) is 22.3 Å². The number of aryl methyl sites for hydroxylation is 1. The number of aromatic nitrogens is 3. The van der Waals surface area contributed by atoms with E-state index in [1.165, 1.54) is 11.8 Å². The number of rotatable bonds is 4. The average Bonchev–Trinajstić information content (AvgIpc) is 2.81. The third-order valence-corrected chi connectivity index (χ3v) is 3.25. The smallest absolute Gasteiger partial charge is 0.208 e. The van der Waals surface area contributed by atoms with Crippen molar-refractivity contribution in [3.8, 4) is 11.8 Å². The maximum Gasteiger partial charge on any atom is 0.208 e. The number of hydrogen-bond donors (Lipinski definition) is 1. The molecule has 0 aliphatic carbocycles. The van der Waals surface area contributed by atoms with Gasteiger partial charge in [0, 0.05) is 5.75 Å². The molecule has 0 fully saturated rings. The van der Waals surface area contributed by atoms with Crippen LogP contribution in [0.4, 0.5) is 0 Å². The second kappa shape index (κ2) is 5.56. The lowest BCUT2D eigenvalue weighted by Crippen LogP contribution is -1.90. The standard InChI is InChI=1S/C12H12N4OS/c1-8-14-12(16-15-8)18-7-9-3-4-11(17-2)10(5-9)6-13/h3-5H,7H2,1-2H3,(H,14,15,16). The molecule has 92 valence electrons. The second-order valence-corrected chi connectivity index (χ2v) is 4.58. The zero-order chi connectivity index (χ0) is 13.0. The van der Waals surface area contributed by atoms with E-state index < -0.39 is 0 Å². The van der Waals surface area contributed by atoms with Crippen molar-refractivity contribution in [3.63, 3.8) is 0 Å². The van der Waals surface area contributed by atoms with Gasteiger partial charge in [0.15, 0.2) is 0 Å². The minimum atomic E-state index is 0.543. The first-order valence-electron chi connectivity index (χ1n) is 5.31. The number of nitrogens with zero attached hydrogens (tertiary/aromatic N) is 3. The molecule has 1 aromatic heterocycles. The second-order valence-electron chi connectivity index (χ2n) is 3.64. The van der Waals surface area contributed by atoms with Gasteiger partial charge in [-0.25, -0.2) is 4.98 Å². The van der Waals surface area contributed by atoms with Gasteiger partial charge in [-0.15, -0.1) is 5.10 Å². The molecule has 0 aliphatic rings. The Morgan fingerprint density at radius 1 is 1.50 bits per heavy atom. The van der Waals surface area contributed by atoms with Crippen LogP contribution in [0.3, 0.4) is 0 Å². The summed E-state index contributed by atoms with van der Waals surface area (Å²) in [7, 11) is 1.56. The summed E-state index contributed by atoms with van der Waals surface area (Å²) in [6.07, 6.45) is 0. The van der Waals surface area contributed by atoms with E-state index in [2.05, 4.69) is 21.3 Å². The van der Waals surface area contributed by atoms with Crippen LogP contribution in [0.25, 0.3) is 0 Å². The van der Waals surface area contributed by atoms with E-state index in [1.807, 2.05) is 19.1 Å². The molecule has 6 heteroatoms. The van der Waals surface area contributed by atoms with E-state index in [4.69, 9.17) is 10.00 Å². The topological polar surface area (TPSA) is 74.6 Å². The number of aromatic amines is 1. The van der Waals surface area contributed by atoms with E-state index in [0.29, 0.717) is 16.5 Å². The van der Waals surface area contributed by atoms with Gasteiger partial charge in [0.05, 0.1) is 12.7 Å². The zero-order valence-corrected chi connectivity index (χ0v) is 10.9. The largest absolute Gasteiger partial charge is 0.495 e. The van der Waals surface area contributed by atoms with E-state index in [9.17, 15) is 0 Å². The lowest BCUT2D eigenvalue weighted by atomic mass is 10.1. The van der Waals surface area contributed by atoms with Gasteiger partial charge in [0.2, 0.25) is 5.16 Å². The number of methoxy groups -OCH3 is 1. The van der Waals surface area contributed by atoms with E-state index >= 15 is 0 Å². The summed E-state index contributed by atoms with van der Waals surface area (Å²) in [4.78, 5) is 4.21. The van der Waals surface area contributed by atoms with Crippen molar-refractivity contribution in [2.24, 2.45) is 0 Å². The van der Waals surface area contributed by atoms with Crippen LogP contribution in [-0.2, 0) is 5.75 Å². The summed E-state index contributed by atoms with van der Waals surface area (Å²) in [6.45, 7) is 1.86. The minimum absolute atomic E-state index is 0.543. The van der Waals surface area contributed by atoms with E-state index in [0.717, 1.165) is 17.1 Å². The van der Waals surface area contributed by atoms with Crippen LogP contribution in [0.15, 0.2) is 23.4 Å². The van der Waals surface area contributed by atoms with Crippen molar-refractivity contribution < 1.29 is 4.74 Å². The maximum absolute atomic E-state index is 9.00. The molecule has 0 bridgehead atoms. The number of benzene rings is 1. The number of ether oxygens (including phenoxy) is 1. The number of hydrogen-bond acceptors (Lipinski definition) is 5. The number of nitriles is 1. The van der Waals surface area contributed by atoms with E-state index in [1.54, 1.807) is 13.2 Å². The number of nitrogens with one attached hydrogen (secondary N) is 1. The van der Waals surface area contributed by atoms with Crippen LogP contribution in [0.5, 0.6) is 5.75 Å². The highest BCUT2D eigenvalue weighted by molar-refractivity contribution is 7.98. The fraction of sp³-hybridized carbons (Fsp3) is 0.250. The molecule has 2 aromatic rings. The normalized spacial score (nSPS) is 10.1. The molecule has 1 heterocycles. The fourth-order valence-electron chi connectivity index (χ4n) is 1.47. The van der Waals surface area contributed by atoms with Crippen molar-refractivity contribution in [2.75, 3.05) is 7.11 Å². The van der Waals surface area contributed by atoms with Crippen molar-refractivity contribution >= 4 is 11.8 Å². The Kier molecular flexibility index (Phi) is 3.85. The highest BCUT2D eigenvalue weighted by atomic mass is 32.2. The Balaban J connectivity index is 2.08. The van der Waals surface area contributed by atoms with Gasteiger partial charge in [0.1, 0.15) is 17.6 Å². The van der Waals surface area contributed by atoms with Crippen molar-refractivity contribution in [3.05, 3.63) is 35.2 Å². The molecule has 0 saturated heterocycles. The molecule has 18 heavy (non-hydrogen) atoms. The number of H-pyrrole nitrogens is 1. The lowest BCUT2D eigenvalue weighted by Gasteiger charge is -2.04. The molecule has 1 N–H and O–H groups in total. The van der Waals surface area contributed by atoms with Gasteiger partial charge < -0.3 is 4.74 Å². The lowest BCUT2D eigenvalue weighted by molar-refractivity contribution is 0.413. The molecule has 1 aromatic carbocycles. The van der Waals surface area contributed by atoms with Gasteiger partial charge in [0.25, 0.3) is 0 Å². The third-order valence-electron chi connectivity index (χ3n) is 2.33. The summed E-state index contributed by atoms with van der Waals surface area (Å²) in [5.74, 6) is 2.11. The Hall–Kier alpha value is -2.00. The molecule has 0 unspecified atom stereocenters. The highest BCUT2D eigenvalue weighted by Crippen LogP contribution is 2.23. The van der Waals surface area contributed by atoms with Crippen LogP contribution in [0.1, 0.15) is 17.0 Å². The van der Waals surface area contributed by atoms with Crippen LogP contribution < -0.4 is 4.74 Å². The Morgan fingerprint density at radius 2 is 2.33 bits per heavy atom. The zero-order valence-electron chi connectivity index (χ0n) is 10.1. The summed E-state index contributed by atoms with van der Waals surface area (Å²) in [6, 6.07) is 7.68. The Labute approximate surface area is 109 Å². The molecule has 0 atom stereocenters. The van der Waals surface area contributed by atoms with Crippen molar-refractivity contribution in [1.82, 2.24) is 15.2 Å². The Bertz CT molecular complexity index is 588. The quantitative estimate of drug-likeness (QED) is 0.854. The van der Waals surface area contributed by atoms with Gasteiger partial charge in [-0.3, -0.25) is 5.10 Å². The van der Waals surface area contributed by atoms with Crippen molar-refractivity contribution in [2.45, 2.75) is 17.8 Å². The van der Waals surface area contributed by atoms with Gasteiger partial charge >= 0.3 is 0 Å². The SMILES string of the molecule is COc1ccc(CSc2n[nH]c(C)n2)cc1C#N. The maximum atomic E-state index is 9.00. The Morgan fingerprint density at radius 3 is 2.94 bits per heavy atom. The first-order chi connectivity index (χ1) is 8.72. The van der Waals surface area contributed by atoms with Crippen LogP contribution >= 0.6 is 11.8 Å². The van der Waals surface area contributed by atoms with Crippen LogP contribution in [0.2, 0.25) is 0 Å². The molecule has 5 nitrogen and oxygen atoms in total. The summed E-state index contributed by atoms with van der Waals surface area (Å²) < 4.78 is 5.10. The molecular weight excluding hydrogens is 248 g/mol. The molecule has 2 rings (SSSR count). The fourth-order valence-corrected chi connectivity index (χ4v) is 2.25. The average molecular weight is 260 g/mol. The summed E-state index contributed by atoms with van der Waals surface area (Å²) in [5, 5.41) is 16.5. The molecule has 0 saturated carbocycles. The van der Waals surface area contributed by atoms with Crippen molar-refractivity contribution in [1.29, 1.82) is 5.26 Å². The minimum Gasteiger partial charge on any atom is -0.495 e. The predicted octanol–water partition coefficient (Wildman–Crippen LogP) is 2.29. The number of thioether (sulfide) groups is 1. The highest BCUT2D eigenvalue weighted by Gasteiger charge is 2.06. The monoisotopic (exact) mass is 260 g/mol. The first-order valence-corrected chi connectivity index (χ1v) is 6.30. The van der Waals surface area contributed by atoms with Gasteiger partial charge in [-0.05, 0) is 24.6 Å². The molecule has 0 aliphatic heterocycles. The third kappa shape index (κ3) is 2.81. The van der Waals surface area contributed by atoms with Crippen LogP contribution in [0, 0.1) is 18.3 Å². The molecule has 0 amide bonds. The summed E-state index contributed by atoms with van der Waals surface area (Å²) >= 11 is 1.52. The van der Waals surface area contributed by atoms with Gasteiger partial charge in [-0.1, -0.05) is 17.8 Å². The summed E-state index contributed by atoms with van der Waals surface area (Å²) in [5.41, 5.74) is 1.58. The van der Waals surface area contributed by atoms with Gasteiger partial charge in [-0.2, -0.15) is 5.26 Å². The molecule has 0 spiro atoms. The molecular formula is C12H12N4OS. The first kappa shape index (κ1) is 12.5. The molecule has 0 radical (unpaired) electrons. The predicted molar refractivity (Wildman–Crippen MR) is 68.4 cm³/mol.